The minimum Gasteiger partial charge on any atom is -0.375 e. The highest BCUT2D eigenvalue weighted by Gasteiger charge is 1.81. The highest BCUT2D eigenvalue weighted by molar-refractivity contribution is 7.80. The van der Waals surface area contributed by atoms with Crippen molar-refractivity contribution >= 4 is 23.6 Å². The molecular weight excluding hydrogens is 188 g/mol. The molecule has 0 aliphatic heterocycles. The first-order valence-electron chi connectivity index (χ1n) is 3.32. The minimum absolute atomic E-state index is 0.116. The zero-order valence-corrected chi connectivity index (χ0v) is 7.62. The predicted octanol–water partition coefficient (Wildman–Crippen LogP) is -0.413. The van der Waals surface area contributed by atoms with Crippen molar-refractivity contribution in [1.29, 1.82) is 0 Å². The molecule has 0 amide bonds. The average Bonchev–Trinajstić information content (AvgIpc) is 2.20. The Hall–Kier alpha value is -1.53. The third-order valence-electron chi connectivity index (χ3n) is 0.963. The summed E-state index contributed by atoms with van der Waals surface area (Å²) < 4.78 is 0. The van der Waals surface area contributed by atoms with Gasteiger partial charge in [0.2, 0.25) is 0 Å². The van der Waals surface area contributed by atoms with Crippen LogP contribution in [0.5, 0.6) is 0 Å². The van der Waals surface area contributed by atoms with Gasteiger partial charge in [-0.2, -0.15) is 0 Å². The van der Waals surface area contributed by atoms with Gasteiger partial charge in [0.05, 0.1) is 0 Å². The quantitative estimate of drug-likeness (QED) is 0.246. The van der Waals surface area contributed by atoms with Crippen LogP contribution < -0.4 is 17.0 Å². The minimum atomic E-state index is 0.116. The molecule has 5 nitrogen and oxygen atoms in total. The van der Waals surface area contributed by atoms with Crippen molar-refractivity contribution in [2.24, 2.45) is 11.6 Å². The molecule has 5 N–H and O–H groups in total. The molecule has 1 rings (SSSR count). The molecule has 1 aromatic rings. The number of aldehydes is 1. The molecule has 1 heterocycles. The molecule has 0 radical (unpaired) electrons. The predicted molar refractivity (Wildman–Crippen MR) is 53.7 cm³/mol. The lowest BCUT2D eigenvalue weighted by Crippen LogP contribution is -2.34. The van der Waals surface area contributed by atoms with Crippen molar-refractivity contribution in [2.45, 2.75) is 0 Å². The van der Waals surface area contributed by atoms with E-state index in [1.165, 1.54) is 6.20 Å². The number of pyridine rings is 1. The number of hydrogen-bond donors (Lipinski definition) is 3. The molecule has 6 heteroatoms. The van der Waals surface area contributed by atoms with E-state index in [0.717, 1.165) is 6.29 Å². The van der Waals surface area contributed by atoms with Crippen molar-refractivity contribution in [3.8, 4) is 0 Å². The number of nitrogens with one attached hydrogen (secondary N) is 1. The van der Waals surface area contributed by atoms with Gasteiger partial charge >= 0.3 is 0 Å². The molecule has 0 atom stereocenters. The lowest BCUT2D eigenvalue weighted by Gasteiger charge is -1.85. The van der Waals surface area contributed by atoms with E-state index >= 15 is 0 Å². The Morgan fingerprint density at radius 1 is 1.69 bits per heavy atom. The normalized spacial score (nSPS) is 7.77. The Bertz CT molecular complexity index is 264. The van der Waals surface area contributed by atoms with E-state index < -0.39 is 0 Å². The van der Waals surface area contributed by atoms with Crippen LogP contribution in [0.1, 0.15) is 10.4 Å². The van der Waals surface area contributed by atoms with Gasteiger partial charge in [0.15, 0.2) is 11.4 Å². The van der Waals surface area contributed by atoms with Gasteiger partial charge in [-0.25, -0.2) is 5.84 Å². The van der Waals surface area contributed by atoms with Crippen molar-refractivity contribution in [3.05, 3.63) is 30.1 Å². The number of hydrazine groups is 1. The van der Waals surface area contributed by atoms with Crippen LogP contribution in [0.15, 0.2) is 24.5 Å². The van der Waals surface area contributed by atoms with Crippen molar-refractivity contribution in [2.75, 3.05) is 0 Å². The van der Waals surface area contributed by atoms with Crippen LogP contribution in [0, 0.1) is 0 Å². The first-order valence-corrected chi connectivity index (χ1v) is 3.72. The Labute approximate surface area is 81.1 Å². The summed E-state index contributed by atoms with van der Waals surface area (Å²) in [5.41, 5.74) is 7.44. The fraction of sp³-hybridized carbons (Fsp3) is 0. The Morgan fingerprint density at radius 3 is 2.54 bits per heavy atom. The fourth-order valence-electron chi connectivity index (χ4n) is 0.446. The standard InChI is InChI=1S/C6H5NO.CH5N3S/c8-5-6-2-1-3-7-4-6;2-1(5)4-3/h1-5H;3H2,(H3,2,4,5). The lowest BCUT2D eigenvalue weighted by atomic mass is 10.3. The summed E-state index contributed by atoms with van der Waals surface area (Å²) >= 11 is 4.24. The van der Waals surface area contributed by atoms with Gasteiger partial charge in [-0.15, -0.1) is 0 Å². The van der Waals surface area contributed by atoms with Crippen molar-refractivity contribution in [1.82, 2.24) is 10.4 Å². The molecular formula is C7H10N4OS. The molecule has 0 spiro atoms. The van der Waals surface area contributed by atoms with Gasteiger partial charge in [0.1, 0.15) is 0 Å². The summed E-state index contributed by atoms with van der Waals surface area (Å²) in [6.07, 6.45) is 3.92. The van der Waals surface area contributed by atoms with Crippen LogP contribution in [-0.4, -0.2) is 16.4 Å². The van der Waals surface area contributed by atoms with Gasteiger partial charge in [-0.1, -0.05) is 0 Å². The first kappa shape index (κ1) is 11.5. The summed E-state index contributed by atoms with van der Waals surface area (Å²) in [6, 6.07) is 3.43. The third-order valence-corrected chi connectivity index (χ3v) is 1.08. The number of hydrogen-bond acceptors (Lipinski definition) is 4. The molecule has 0 saturated heterocycles. The summed E-state index contributed by atoms with van der Waals surface area (Å²) in [6.45, 7) is 0. The lowest BCUT2D eigenvalue weighted by molar-refractivity contribution is 0.112. The van der Waals surface area contributed by atoms with E-state index in [4.69, 9.17) is 5.73 Å². The Morgan fingerprint density at radius 2 is 2.31 bits per heavy atom. The van der Waals surface area contributed by atoms with Gasteiger partial charge < -0.3 is 11.2 Å². The maximum Gasteiger partial charge on any atom is 0.177 e. The molecule has 0 saturated carbocycles. The van der Waals surface area contributed by atoms with Crippen LogP contribution in [0.2, 0.25) is 0 Å². The second-order valence-corrected chi connectivity index (χ2v) is 2.35. The molecule has 0 unspecified atom stereocenters. The van der Waals surface area contributed by atoms with Gasteiger partial charge in [-0.05, 0) is 24.4 Å². The maximum atomic E-state index is 9.97. The van der Waals surface area contributed by atoms with Crippen LogP contribution in [-0.2, 0) is 0 Å². The maximum absolute atomic E-state index is 9.97. The molecule has 70 valence electrons. The summed E-state index contributed by atoms with van der Waals surface area (Å²) in [7, 11) is 0. The van der Waals surface area contributed by atoms with Gasteiger partial charge in [0.25, 0.3) is 0 Å². The topological polar surface area (TPSA) is 94.0 Å². The second-order valence-electron chi connectivity index (χ2n) is 1.91. The van der Waals surface area contributed by atoms with Crippen LogP contribution in [0.25, 0.3) is 0 Å². The summed E-state index contributed by atoms with van der Waals surface area (Å²) in [5, 5.41) is 0.116. The van der Waals surface area contributed by atoms with E-state index in [1.807, 2.05) is 5.43 Å². The average molecular weight is 198 g/mol. The number of thiocarbonyl (C=S) groups is 1. The van der Waals surface area contributed by atoms with Crippen LogP contribution in [0.3, 0.4) is 0 Å². The largest absolute Gasteiger partial charge is 0.375 e. The molecule has 0 aliphatic carbocycles. The van der Waals surface area contributed by atoms with Crippen molar-refractivity contribution in [3.63, 3.8) is 0 Å². The zero-order valence-electron chi connectivity index (χ0n) is 6.81. The smallest absolute Gasteiger partial charge is 0.177 e. The van der Waals surface area contributed by atoms with Gasteiger partial charge in [-0.3, -0.25) is 9.78 Å². The summed E-state index contributed by atoms with van der Waals surface area (Å²) in [4.78, 5) is 13.7. The number of carbonyl (C=O) groups excluding carboxylic acids is 1. The van der Waals surface area contributed by atoms with Crippen LogP contribution >= 0.6 is 12.2 Å². The molecule has 13 heavy (non-hydrogen) atoms. The first-order chi connectivity index (χ1) is 6.20. The van der Waals surface area contributed by atoms with Crippen molar-refractivity contribution < 1.29 is 4.79 Å². The fourth-order valence-corrected chi connectivity index (χ4v) is 0.446. The SMILES string of the molecule is NNC(N)=S.O=Cc1cccnc1. The highest BCUT2D eigenvalue weighted by Crippen LogP contribution is 1.87. The summed E-state index contributed by atoms with van der Waals surface area (Å²) in [5.74, 6) is 4.66. The Kier molecular flexibility index (Phi) is 6.30. The molecule has 0 aromatic carbocycles. The van der Waals surface area contributed by atoms with Crippen LogP contribution in [0.4, 0.5) is 0 Å². The number of carbonyl (C=O) groups is 1. The Balaban J connectivity index is 0.000000252. The highest BCUT2D eigenvalue weighted by atomic mass is 32.1. The molecule has 0 bridgehead atoms. The second kappa shape index (κ2) is 7.14. The van der Waals surface area contributed by atoms with E-state index in [2.05, 4.69) is 23.0 Å². The van der Waals surface area contributed by atoms with E-state index in [0.29, 0.717) is 5.56 Å². The van der Waals surface area contributed by atoms with Gasteiger partial charge in [0, 0.05) is 18.0 Å². The number of rotatable bonds is 1. The third kappa shape index (κ3) is 6.85. The molecule has 0 aliphatic rings. The van der Waals surface area contributed by atoms with E-state index in [-0.39, 0.29) is 5.11 Å². The van der Waals surface area contributed by atoms with E-state index in [1.54, 1.807) is 18.3 Å². The zero-order chi connectivity index (χ0) is 10.1. The van der Waals surface area contributed by atoms with E-state index in [9.17, 15) is 4.79 Å². The monoisotopic (exact) mass is 198 g/mol. The number of nitrogens with two attached hydrogens (primary N) is 2. The number of aromatic nitrogens is 1. The molecule has 0 fully saturated rings. The molecule has 1 aromatic heterocycles. The number of nitrogens with zero attached hydrogens (tertiary/aromatic N) is 1.